The van der Waals surface area contributed by atoms with Gasteiger partial charge in [0.25, 0.3) is 5.91 Å². The summed E-state index contributed by atoms with van der Waals surface area (Å²) in [6.07, 6.45) is 3.81. The molecule has 0 radical (unpaired) electrons. The highest BCUT2D eigenvalue weighted by Gasteiger charge is 2.22. The average Bonchev–Trinajstić information content (AvgIpc) is 2.62. The third-order valence-electron chi connectivity index (χ3n) is 3.37. The van der Waals surface area contributed by atoms with Crippen LogP contribution < -0.4 is 5.32 Å². The smallest absolute Gasteiger partial charge is 0.357 e. The van der Waals surface area contributed by atoms with Crippen LogP contribution in [0, 0.1) is 0 Å². The lowest BCUT2D eigenvalue weighted by Gasteiger charge is -2.13. The van der Waals surface area contributed by atoms with Crippen molar-refractivity contribution in [2.45, 2.75) is 20.3 Å². The number of ether oxygens (including phenoxy) is 1. The first kappa shape index (κ1) is 20.0. The molecule has 1 rings (SSSR count). The van der Waals surface area contributed by atoms with Crippen molar-refractivity contribution >= 4 is 23.2 Å². The summed E-state index contributed by atoms with van der Waals surface area (Å²) in [5, 5.41) is 2.69. The number of ketones is 1. The first-order valence-corrected chi connectivity index (χ1v) is 7.78. The molecule has 0 fully saturated rings. The number of aromatic nitrogens is 1. The molecular weight excluding hydrogens is 320 g/mol. The Morgan fingerprint density at radius 2 is 2.00 bits per heavy atom. The van der Waals surface area contributed by atoms with Crippen molar-refractivity contribution < 1.29 is 19.1 Å². The minimum absolute atomic E-state index is 0.0675. The number of nitrogens with zero attached hydrogens (tertiary/aromatic N) is 1. The largest absolute Gasteiger partial charge is 0.464 e. The maximum atomic E-state index is 12.1. The fourth-order valence-electron chi connectivity index (χ4n) is 2.04. The van der Waals surface area contributed by atoms with Crippen LogP contribution in [-0.4, -0.2) is 36.3 Å². The van der Waals surface area contributed by atoms with Gasteiger partial charge in [0, 0.05) is 17.7 Å². The Kier molecular flexibility index (Phi) is 7.46. The fourth-order valence-corrected chi connectivity index (χ4v) is 2.04. The fraction of sp³-hybridized carbons (Fsp3) is 0.263. The van der Waals surface area contributed by atoms with Gasteiger partial charge in [0.2, 0.25) is 0 Å². The van der Waals surface area contributed by atoms with E-state index in [9.17, 15) is 14.4 Å². The second-order valence-corrected chi connectivity index (χ2v) is 5.19. The highest BCUT2D eigenvalue weighted by atomic mass is 16.5. The summed E-state index contributed by atoms with van der Waals surface area (Å²) in [6, 6.07) is 3.03. The minimum Gasteiger partial charge on any atom is -0.464 e. The van der Waals surface area contributed by atoms with E-state index in [0.29, 0.717) is 17.7 Å². The van der Waals surface area contributed by atoms with Gasteiger partial charge in [-0.05, 0) is 31.1 Å². The quantitative estimate of drug-likeness (QED) is 0.446. The van der Waals surface area contributed by atoms with Crippen molar-refractivity contribution in [3.63, 3.8) is 0 Å². The zero-order chi connectivity index (χ0) is 19.0. The first-order valence-electron chi connectivity index (χ1n) is 7.78. The number of rotatable bonds is 8. The average molecular weight is 342 g/mol. The van der Waals surface area contributed by atoms with Gasteiger partial charge in [0.15, 0.2) is 11.5 Å². The number of methoxy groups -OCH3 is 1. The number of hydrogen-bond donors (Lipinski definition) is 1. The molecule has 1 N–H and O–H groups in total. The number of allylic oxidation sites excluding steroid dienone is 4. The Bertz CT molecular complexity index is 748. The van der Waals surface area contributed by atoms with E-state index in [1.165, 1.54) is 26.2 Å². The summed E-state index contributed by atoms with van der Waals surface area (Å²) in [4.78, 5) is 40.1. The van der Waals surface area contributed by atoms with E-state index in [-0.39, 0.29) is 22.7 Å². The highest BCUT2D eigenvalue weighted by Crippen LogP contribution is 2.26. The van der Waals surface area contributed by atoms with Crippen LogP contribution in [0.4, 0.5) is 0 Å². The minimum atomic E-state index is -0.716. The molecule has 6 nitrogen and oxygen atoms in total. The monoisotopic (exact) mass is 342 g/mol. The Morgan fingerprint density at radius 1 is 1.32 bits per heavy atom. The van der Waals surface area contributed by atoms with Crippen molar-refractivity contribution in [2.24, 2.45) is 0 Å². The molecule has 0 bridgehead atoms. The first-order chi connectivity index (χ1) is 11.9. The third kappa shape index (κ3) is 4.97. The molecule has 6 heteroatoms. The molecule has 132 valence electrons. The predicted octanol–water partition coefficient (Wildman–Crippen LogP) is 2.72. The van der Waals surface area contributed by atoms with Crippen molar-refractivity contribution in [1.82, 2.24) is 10.3 Å². The van der Waals surface area contributed by atoms with Gasteiger partial charge in [-0.1, -0.05) is 32.2 Å². The van der Waals surface area contributed by atoms with Crippen LogP contribution >= 0.6 is 0 Å². The lowest BCUT2D eigenvalue weighted by molar-refractivity contribution is -0.113. The Balaban J connectivity index is 3.49. The molecule has 0 spiro atoms. The topological polar surface area (TPSA) is 85.4 Å². The number of Topliss-reactive ketones (excluding diaryl/α,β-unsaturated/α-hetero) is 1. The number of nitrogens with one attached hydrogen (secondary N) is 1. The number of pyridine rings is 1. The summed E-state index contributed by atoms with van der Waals surface area (Å²) in [7, 11) is 1.22. The van der Waals surface area contributed by atoms with Gasteiger partial charge in [-0.15, -0.1) is 0 Å². The van der Waals surface area contributed by atoms with Crippen LogP contribution in [0.1, 0.15) is 46.8 Å². The number of esters is 1. The molecule has 1 aromatic heterocycles. The van der Waals surface area contributed by atoms with Crippen molar-refractivity contribution in [3.05, 3.63) is 60.0 Å². The summed E-state index contributed by atoms with van der Waals surface area (Å²) in [5.41, 5.74) is 0.969. The summed E-state index contributed by atoms with van der Waals surface area (Å²) in [6.45, 7) is 11.2. The summed E-state index contributed by atoms with van der Waals surface area (Å²) in [5.74, 6) is -1.36. The SMILES string of the molecule is C=C/C=C(\C(=C)C(C)=O)c1ccc(C(=O)NCCC)nc1C(=O)OC. The van der Waals surface area contributed by atoms with Crippen molar-refractivity contribution in [3.8, 4) is 0 Å². The molecule has 0 aliphatic heterocycles. The van der Waals surface area contributed by atoms with E-state index in [4.69, 9.17) is 4.74 Å². The number of carbonyl (C=O) groups excluding carboxylic acids is 3. The van der Waals surface area contributed by atoms with E-state index in [2.05, 4.69) is 23.5 Å². The predicted molar refractivity (Wildman–Crippen MR) is 96.2 cm³/mol. The summed E-state index contributed by atoms with van der Waals surface area (Å²) < 4.78 is 4.76. The van der Waals surface area contributed by atoms with E-state index in [0.717, 1.165) is 6.42 Å². The molecule has 0 saturated carbocycles. The molecule has 0 aliphatic rings. The van der Waals surface area contributed by atoms with Gasteiger partial charge in [0.1, 0.15) is 5.69 Å². The third-order valence-corrected chi connectivity index (χ3v) is 3.37. The second-order valence-electron chi connectivity index (χ2n) is 5.19. The molecule has 1 amide bonds. The van der Waals surface area contributed by atoms with Crippen LogP contribution in [0.5, 0.6) is 0 Å². The van der Waals surface area contributed by atoms with Gasteiger partial charge in [0.05, 0.1) is 7.11 Å². The normalized spacial score (nSPS) is 10.8. The van der Waals surface area contributed by atoms with Gasteiger partial charge < -0.3 is 10.1 Å². The Labute approximate surface area is 147 Å². The van der Waals surface area contributed by atoms with E-state index < -0.39 is 11.9 Å². The second kappa shape index (κ2) is 9.32. The van der Waals surface area contributed by atoms with Gasteiger partial charge >= 0.3 is 5.97 Å². The van der Waals surface area contributed by atoms with Crippen LogP contribution in [-0.2, 0) is 9.53 Å². The van der Waals surface area contributed by atoms with Crippen molar-refractivity contribution in [2.75, 3.05) is 13.7 Å². The Hall–Kier alpha value is -3.02. The van der Waals surface area contributed by atoms with E-state index in [1.54, 1.807) is 12.1 Å². The van der Waals surface area contributed by atoms with Crippen LogP contribution in [0.3, 0.4) is 0 Å². The molecule has 0 aromatic carbocycles. The number of carbonyl (C=O) groups is 3. The van der Waals surface area contributed by atoms with Crippen LogP contribution in [0.15, 0.2) is 43.0 Å². The zero-order valence-electron chi connectivity index (χ0n) is 14.7. The molecule has 0 unspecified atom stereocenters. The Morgan fingerprint density at radius 3 is 2.52 bits per heavy atom. The molecule has 0 atom stereocenters. The summed E-state index contributed by atoms with van der Waals surface area (Å²) >= 11 is 0. The molecule has 1 aromatic rings. The molecule has 25 heavy (non-hydrogen) atoms. The number of hydrogen-bond acceptors (Lipinski definition) is 5. The molecule has 0 saturated heterocycles. The van der Waals surface area contributed by atoms with E-state index >= 15 is 0 Å². The molecular formula is C19H22N2O4. The highest BCUT2D eigenvalue weighted by molar-refractivity contribution is 6.11. The maximum absolute atomic E-state index is 12.1. The van der Waals surface area contributed by atoms with Gasteiger partial charge in [-0.2, -0.15) is 0 Å². The number of amides is 1. The van der Waals surface area contributed by atoms with Crippen molar-refractivity contribution in [1.29, 1.82) is 0 Å². The van der Waals surface area contributed by atoms with E-state index in [1.807, 2.05) is 6.92 Å². The lowest BCUT2D eigenvalue weighted by atomic mass is 9.94. The standard InChI is InChI=1S/C19H22N2O4/c1-6-8-14(12(3)13(4)22)15-9-10-16(18(23)20-11-7-2)21-17(15)19(24)25-5/h6,8-10H,1,3,7,11H2,2,4-5H3,(H,20,23)/b14-8+. The van der Waals surface area contributed by atoms with Crippen LogP contribution in [0.25, 0.3) is 5.57 Å². The molecule has 0 aliphatic carbocycles. The maximum Gasteiger partial charge on any atom is 0.357 e. The lowest BCUT2D eigenvalue weighted by Crippen LogP contribution is -2.26. The van der Waals surface area contributed by atoms with Gasteiger partial charge in [-0.3, -0.25) is 9.59 Å². The zero-order valence-corrected chi connectivity index (χ0v) is 14.7. The van der Waals surface area contributed by atoms with Crippen LogP contribution in [0.2, 0.25) is 0 Å². The van der Waals surface area contributed by atoms with Gasteiger partial charge in [-0.25, -0.2) is 9.78 Å². The molecule has 1 heterocycles.